The van der Waals surface area contributed by atoms with Crippen LogP contribution in [0.15, 0.2) is 42.6 Å². The highest BCUT2D eigenvalue weighted by atomic mass is 16.2. The van der Waals surface area contributed by atoms with Crippen LogP contribution in [0.5, 0.6) is 0 Å². The predicted octanol–water partition coefficient (Wildman–Crippen LogP) is 3.53. The maximum atomic E-state index is 12.8. The number of amides is 2. The Balaban J connectivity index is 1.39. The molecule has 1 aliphatic carbocycles. The van der Waals surface area contributed by atoms with Crippen LogP contribution >= 0.6 is 0 Å². The number of rotatable bonds is 5. The molecule has 2 aromatic carbocycles. The standard InChI is InChI=1S/C25H27N5O2/c1-15-3-4-17(24(32)30(2)20-7-8-20)12-21(15)16-5-9-22-18(11-16)13-27-25(29-22)28-19-6-10-23(31)26-14-19/h3-5,9,11-13,19-20H,6-8,10,14H2,1-2H3,(H,26,31)(H,27,28,29). The van der Waals surface area contributed by atoms with Gasteiger partial charge in [0, 0.05) is 49.2 Å². The van der Waals surface area contributed by atoms with Gasteiger partial charge in [-0.25, -0.2) is 9.97 Å². The molecule has 1 saturated heterocycles. The van der Waals surface area contributed by atoms with Gasteiger partial charge in [-0.1, -0.05) is 12.1 Å². The Morgan fingerprint density at radius 2 is 2.00 bits per heavy atom. The number of nitrogens with zero attached hydrogens (tertiary/aromatic N) is 3. The molecule has 7 nitrogen and oxygen atoms in total. The summed E-state index contributed by atoms with van der Waals surface area (Å²) in [5.41, 5.74) is 4.77. The number of piperidine rings is 1. The Kier molecular flexibility index (Phi) is 5.25. The molecular weight excluding hydrogens is 402 g/mol. The molecule has 32 heavy (non-hydrogen) atoms. The van der Waals surface area contributed by atoms with Gasteiger partial charge in [0.1, 0.15) is 0 Å². The fourth-order valence-corrected chi connectivity index (χ4v) is 4.21. The lowest BCUT2D eigenvalue weighted by atomic mass is 9.96. The normalized spacial score (nSPS) is 18.3. The first kappa shape index (κ1) is 20.4. The number of hydrogen-bond donors (Lipinski definition) is 2. The van der Waals surface area contributed by atoms with Gasteiger partial charge in [0.25, 0.3) is 5.91 Å². The Morgan fingerprint density at radius 3 is 2.75 bits per heavy atom. The Morgan fingerprint density at radius 1 is 1.16 bits per heavy atom. The van der Waals surface area contributed by atoms with Crippen LogP contribution in [-0.4, -0.2) is 52.4 Å². The SMILES string of the molecule is Cc1ccc(C(=O)N(C)C2CC2)cc1-c1ccc2nc(NC3CCC(=O)NC3)ncc2c1. The minimum absolute atomic E-state index is 0.0764. The topological polar surface area (TPSA) is 87.2 Å². The molecular formula is C25H27N5O2. The number of fused-ring (bicyclic) bond motifs is 1. The van der Waals surface area contributed by atoms with Gasteiger partial charge in [-0.2, -0.15) is 0 Å². The summed E-state index contributed by atoms with van der Waals surface area (Å²) in [6, 6.07) is 12.5. The molecule has 0 radical (unpaired) electrons. The van der Waals surface area contributed by atoms with Crippen LogP contribution < -0.4 is 10.6 Å². The van der Waals surface area contributed by atoms with Gasteiger partial charge in [0.2, 0.25) is 11.9 Å². The van der Waals surface area contributed by atoms with Crippen molar-refractivity contribution in [1.29, 1.82) is 0 Å². The van der Waals surface area contributed by atoms with Gasteiger partial charge >= 0.3 is 0 Å². The molecule has 2 aliphatic rings. The van der Waals surface area contributed by atoms with E-state index in [1.54, 1.807) is 0 Å². The van der Waals surface area contributed by atoms with Gasteiger partial charge in [0.05, 0.1) is 5.52 Å². The van der Waals surface area contributed by atoms with Crippen LogP contribution in [-0.2, 0) is 4.79 Å². The van der Waals surface area contributed by atoms with Gasteiger partial charge in [-0.05, 0) is 67.1 Å². The average Bonchev–Trinajstić information content (AvgIpc) is 3.65. The largest absolute Gasteiger partial charge is 0.354 e. The summed E-state index contributed by atoms with van der Waals surface area (Å²) in [4.78, 5) is 35.1. The number of hydrogen-bond acceptors (Lipinski definition) is 5. The molecule has 2 amide bonds. The molecule has 1 unspecified atom stereocenters. The summed E-state index contributed by atoms with van der Waals surface area (Å²) >= 11 is 0. The van der Waals surface area contributed by atoms with Crippen molar-refractivity contribution in [3.63, 3.8) is 0 Å². The highest BCUT2D eigenvalue weighted by Crippen LogP contribution is 2.30. The first-order valence-corrected chi connectivity index (χ1v) is 11.2. The minimum Gasteiger partial charge on any atom is -0.354 e. The lowest BCUT2D eigenvalue weighted by molar-refractivity contribution is -0.122. The zero-order valence-electron chi connectivity index (χ0n) is 18.4. The maximum absolute atomic E-state index is 12.8. The van der Waals surface area contributed by atoms with E-state index in [2.05, 4.69) is 33.6 Å². The van der Waals surface area contributed by atoms with Crippen molar-refractivity contribution in [1.82, 2.24) is 20.2 Å². The number of nitrogens with one attached hydrogen (secondary N) is 2. The molecule has 7 heteroatoms. The van der Waals surface area contributed by atoms with Gasteiger partial charge < -0.3 is 15.5 Å². The first-order chi connectivity index (χ1) is 15.5. The van der Waals surface area contributed by atoms with Crippen molar-refractivity contribution in [2.45, 2.75) is 44.7 Å². The molecule has 164 valence electrons. The molecule has 2 fully saturated rings. The van der Waals surface area contributed by atoms with Crippen molar-refractivity contribution in [3.8, 4) is 11.1 Å². The monoisotopic (exact) mass is 429 g/mol. The molecule has 1 aromatic heterocycles. The number of benzene rings is 2. The Labute approximate surface area is 187 Å². The lowest BCUT2D eigenvalue weighted by Crippen LogP contribution is -2.42. The van der Waals surface area contributed by atoms with E-state index in [4.69, 9.17) is 0 Å². The summed E-state index contributed by atoms with van der Waals surface area (Å²) in [6.45, 7) is 2.65. The van der Waals surface area contributed by atoms with E-state index < -0.39 is 0 Å². The van der Waals surface area contributed by atoms with Crippen LogP contribution in [0.2, 0.25) is 0 Å². The molecule has 0 bridgehead atoms. The highest BCUT2D eigenvalue weighted by Gasteiger charge is 2.30. The van der Waals surface area contributed by atoms with E-state index in [0.717, 1.165) is 52.4 Å². The van der Waals surface area contributed by atoms with Crippen LogP contribution in [0.3, 0.4) is 0 Å². The van der Waals surface area contributed by atoms with E-state index in [1.165, 1.54) is 0 Å². The smallest absolute Gasteiger partial charge is 0.253 e. The molecule has 5 rings (SSSR count). The second kappa shape index (κ2) is 8.22. The van der Waals surface area contributed by atoms with E-state index >= 15 is 0 Å². The average molecular weight is 430 g/mol. The van der Waals surface area contributed by atoms with Gasteiger partial charge in [0.15, 0.2) is 0 Å². The highest BCUT2D eigenvalue weighted by molar-refractivity contribution is 5.96. The fourth-order valence-electron chi connectivity index (χ4n) is 4.21. The zero-order valence-corrected chi connectivity index (χ0v) is 18.4. The van der Waals surface area contributed by atoms with Crippen molar-refractivity contribution < 1.29 is 9.59 Å². The Bertz CT molecular complexity index is 1190. The molecule has 0 spiro atoms. The third-order valence-electron chi connectivity index (χ3n) is 6.39. The molecule has 1 aliphatic heterocycles. The zero-order chi connectivity index (χ0) is 22.2. The van der Waals surface area contributed by atoms with Crippen molar-refractivity contribution >= 4 is 28.7 Å². The van der Waals surface area contributed by atoms with E-state index in [-0.39, 0.29) is 17.9 Å². The number of aryl methyl sites for hydroxylation is 1. The number of carbonyl (C=O) groups excluding carboxylic acids is 2. The summed E-state index contributed by atoms with van der Waals surface area (Å²) in [7, 11) is 1.89. The van der Waals surface area contributed by atoms with Crippen LogP contribution in [0, 0.1) is 6.92 Å². The quantitative estimate of drug-likeness (QED) is 0.648. The summed E-state index contributed by atoms with van der Waals surface area (Å²) in [6.07, 6.45) is 5.30. The third-order valence-corrected chi connectivity index (χ3v) is 6.39. The number of anilines is 1. The summed E-state index contributed by atoms with van der Waals surface area (Å²) in [5.74, 6) is 0.737. The molecule has 2 N–H and O–H groups in total. The van der Waals surface area contributed by atoms with Crippen LogP contribution in [0.25, 0.3) is 22.0 Å². The third kappa shape index (κ3) is 4.15. The number of carbonyl (C=O) groups is 2. The predicted molar refractivity (Wildman–Crippen MR) is 124 cm³/mol. The summed E-state index contributed by atoms with van der Waals surface area (Å²) < 4.78 is 0. The molecule has 1 saturated carbocycles. The fraction of sp³-hybridized carbons (Fsp3) is 0.360. The van der Waals surface area contributed by atoms with Crippen LogP contribution in [0.4, 0.5) is 5.95 Å². The summed E-state index contributed by atoms with van der Waals surface area (Å²) in [5, 5.41) is 7.12. The van der Waals surface area contributed by atoms with Gasteiger partial charge in [-0.3, -0.25) is 9.59 Å². The van der Waals surface area contributed by atoms with Gasteiger partial charge in [-0.15, -0.1) is 0 Å². The lowest BCUT2D eigenvalue weighted by Gasteiger charge is -2.23. The van der Waals surface area contributed by atoms with E-state index in [1.807, 2.05) is 48.5 Å². The van der Waals surface area contributed by atoms with E-state index in [9.17, 15) is 9.59 Å². The second-order valence-electron chi connectivity index (χ2n) is 8.83. The molecule has 1 atom stereocenters. The number of aromatic nitrogens is 2. The molecule has 2 heterocycles. The van der Waals surface area contributed by atoms with Crippen molar-refractivity contribution in [3.05, 3.63) is 53.7 Å². The minimum atomic E-state index is 0.0764. The van der Waals surface area contributed by atoms with Crippen molar-refractivity contribution in [2.24, 2.45) is 0 Å². The van der Waals surface area contributed by atoms with Crippen molar-refractivity contribution in [2.75, 3.05) is 18.9 Å². The Hall–Kier alpha value is -3.48. The molecule has 3 aromatic rings. The second-order valence-corrected chi connectivity index (χ2v) is 8.83. The first-order valence-electron chi connectivity index (χ1n) is 11.2. The maximum Gasteiger partial charge on any atom is 0.253 e. The van der Waals surface area contributed by atoms with E-state index in [0.29, 0.717) is 25.0 Å². The van der Waals surface area contributed by atoms with Crippen LogP contribution in [0.1, 0.15) is 41.6 Å².